The van der Waals surface area contributed by atoms with E-state index >= 15 is 0 Å². The lowest BCUT2D eigenvalue weighted by Crippen LogP contribution is -2.42. The Bertz CT molecular complexity index is 710. The molecule has 1 fully saturated rings. The number of carbonyl (C=O) groups is 3. The van der Waals surface area contributed by atoms with Crippen LogP contribution in [0.2, 0.25) is 0 Å². The second-order valence-corrected chi connectivity index (χ2v) is 5.62. The van der Waals surface area contributed by atoms with Crippen molar-refractivity contribution in [1.82, 2.24) is 0 Å². The zero-order chi connectivity index (χ0) is 17.4. The predicted octanol–water partition coefficient (Wildman–Crippen LogP) is 2.13. The van der Waals surface area contributed by atoms with Crippen molar-refractivity contribution in [1.29, 1.82) is 0 Å². The van der Waals surface area contributed by atoms with Crippen molar-refractivity contribution in [2.75, 3.05) is 5.32 Å². The minimum Gasteiger partial charge on any atom is -0.478 e. The second-order valence-electron chi connectivity index (χ2n) is 5.62. The Hall–Kier alpha value is -2.83. The molecule has 122 valence electrons. The molecular weight excluding hydrogens is 302 g/mol. The topological polar surface area (TPSA) is 102 Å². The highest BCUT2D eigenvalue weighted by Gasteiger charge is 2.39. The molecule has 23 heavy (non-hydrogen) atoms. The van der Waals surface area contributed by atoms with Gasteiger partial charge in [0.05, 0.1) is 11.3 Å². The highest BCUT2D eigenvalue weighted by Crippen LogP contribution is 2.26. The van der Waals surface area contributed by atoms with E-state index in [-0.39, 0.29) is 11.1 Å². The van der Waals surface area contributed by atoms with Gasteiger partial charge in [0.15, 0.2) is 5.57 Å². The zero-order valence-corrected chi connectivity index (χ0v) is 13.2. The molecule has 0 radical (unpaired) electrons. The quantitative estimate of drug-likeness (QED) is 0.500. The van der Waals surface area contributed by atoms with Crippen molar-refractivity contribution >= 4 is 23.6 Å². The van der Waals surface area contributed by atoms with Crippen molar-refractivity contribution in [2.24, 2.45) is 0 Å². The van der Waals surface area contributed by atoms with Gasteiger partial charge in [-0.3, -0.25) is 0 Å². The van der Waals surface area contributed by atoms with Gasteiger partial charge in [0, 0.05) is 20.0 Å². The number of cyclic esters (lactones) is 2. The summed E-state index contributed by atoms with van der Waals surface area (Å²) in [5.41, 5.74) is 1.56. The van der Waals surface area contributed by atoms with Crippen LogP contribution < -0.4 is 5.32 Å². The van der Waals surface area contributed by atoms with Crippen LogP contribution in [0.15, 0.2) is 23.9 Å². The summed E-state index contributed by atoms with van der Waals surface area (Å²) in [5, 5.41) is 12.0. The first-order chi connectivity index (χ1) is 10.6. The van der Waals surface area contributed by atoms with Gasteiger partial charge in [-0.05, 0) is 31.0 Å². The monoisotopic (exact) mass is 319 g/mol. The van der Waals surface area contributed by atoms with Crippen LogP contribution in [-0.4, -0.2) is 28.8 Å². The van der Waals surface area contributed by atoms with Gasteiger partial charge in [-0.25, -0.2) is 14.4 Å². The number of ether oxygens (including phenoxy) is 2. The van der Waals surface area contributed by atoms with Gasteiger partial charge in [-0.2, -0.15) is 0 Å². The third-order valence-electron chi connectivity index (χ3n) is 3.44. The standard InChI is InChI=1S/C16H17NO6/c1-8-5-6-10(13(18)19)12(9(8)2)17-7-11-14(20)22-16(3,4)23-15(11)21/h5-7,17H,1-4H3,(H,18,19). The smallest absolute Gasteiger partial charge is 0.350 e. The second kappa shape index (κ2) is 5.75. The average Bonchev–Trinajstić information content (AvgIpc) is 2.40. The Labute approximate surface area is 132 Å². The molecule has 0 atom stereocenters. The lowest BCUT2D eigenvalue weighted by atomic mass is 10.0. The molecule has 1 aromatic rings. The number of carbonyl (C=O) groups excluding carboxylic acids is 2. The van der Waals surface area contributed by atoms with Gasteiger partial charge in [-0.15, -0.1) is 0 Å². The molecule has 0 saturated carbocycles. The predicted molar refractivity (Wildman–Crippen MR) is 80.8 cm³/mol. The third kappa shape index (κ3) is 3.33. The van der Waals surface area contributed by atoms with Crippen molar-refractivity contribution in [3.8, 4) is 0 Å². The molecule has 0 aromatic heterocycles. The van der Waals surface area contributed by atoms with Crippen LogP contribution in [0.4, 0.5) is 5.69 Å². The number of anilines is 1. The highest BCUT2D eigenvalue weighted by atomic mass is 16.7. The van der Waals surface area contributed by atoms with E-state index in [0.717, 1.165) is 11.8 Å². The summed E-state index contributed by atoms with van der Waals surface area (Å²) in [6.45, 7) is 6.45. The number of aryl methyl sites for hydroxylation is 1. The van der Waals surface area contributed by atoms with Gasteiger partial charge in [0.25, 0.3) is 5.79 Å². The summed E-state index contributed by atoms with van der Waals surface area (Å²) in [7, 11) is 0. The number of rotatable bonds is 3. The van der Waals surface area contributed by atoms with Gasteiger partial charge in [0.2, 0.25) is 0 Å². The fraction of sp³-hybridized carbons (Fsp3) is 0.312. The number of esters is 2. The van der Waals surface area contributed by atoms with Crippen LogP contribution in [0.1, 0.15) is 35.3 Å². The van der Waals surface area contributed by atoms with Gasteiger partial charge in [-0.1, -0.05) is 6.07 Å². The molecule has 7 heteroatoms. The highest BCUT2D eigenvalue weighted by molar-refractivity contribution is 6.15. The van der Waals surface area contributed by atoms with Crippen molar-refractivity contribution in [3.05, 3.63) is 40.6 Å². The zero-order valence-electron chi connectivity index (χ0n) is 13.2. The maximum absolute atomic E-state index is 11.9. The van der Waals surface area contributed by atoms with E-state index in [1.165, 1.54) is 19.9 Å². The van der Waals surface area contributed by atoms with E-state index in [9.17, 15) is 19.5 Å². The number of benzene rings is 1. The molecule has 1 heterocycles. The Balaban J connectivity index is 2.37. The van der Waals surface area contributed by atoms with E-state index in [1.807, 2.05) is 6.92 Å². The number of aromatic carboxylic acids is 1. The number of nitrogens with one attached hydrogen (secondary N) is 1. The Morgan fingerprint density at radius 1 is 1.17 bits per heavy atom. The minimum absolute atomic E-state index is 0.0304. The van der Waals surface area contributed by atoms with E-state index < -0.39 is 23.7 Å². The van der Waals surface area contributed by atoms with Crippen molar-refractivity contribution in [3.63, 3.8) is 0 Å². The maximum Gasteiger partial charge on any atom is 0.350 e. The molecule has 1 aliphatic heterocycles. The van der Waals surface area contributed by atoms with Crippen LogP contribution in [0.25, 0.3) is 0 Å². The van der Waals surface area contributed by atoms with Crippen molar-refractivity contribution in [2.45, 2.75) is 33.5 Å². The summed E-state index contributed by atoms with van der Waals surface area (Å²) in [6, 6.07) is 3.13. The molecule has 2 rings (SSSR count). The maximum atomic E-state index is 11.9. The third-order valence-corrected chi connectivity index (χ3v) is 3.44. The Kier molecular flexibility index (Phi) is 4.14. The largest absolute Gasteiger partial charge is 0.478 e. The fourth-order valence-electron chi connectivity index (χ4n) is 2.10. The molecule has 1 saturated heterocycles. The molecule has 1 aliphatic rings. The number of carboxylic acids is 1. The SMILES string of the molecule is Cc1ccc(C(=O)O)c(NC=C2C(=O)OC(C)(C)OC2=O)c1C. The summed E-state index contributed by atoms with van der Waals surface area (Å²) in [4.78, 5) is 35.0. The molecule has 0 bridgehead atoms. The molecule has 0 unspecified atom stereocenters. The minimum atomic E-state index is -1.32. The fourth-order valence-corrected chi connectivity index (χ4v) is 2.10. The Morgan fingerprint density at radius 2 is 1.74 bits per heavy atom. The van der Waals surface area contributed by atoms with Crippen LogP contribution >= 0.6 is 0 Å². The van der Waals surface area contributed by atoms with E-state index in [0.29, 0.717) is 11.3 Å². The van der Waals surface area contributed by atoms with E-state index in [4.69, 9.17) is 9.47 Å². The summed E-state index contributed by atoms with van der Waals surface area (Å²) in [6.07, 6.45) is 1.11. The Morgan fingerprint density at radius 3 is 2.26 bits per heavy atom. The average molecular weight is 319 g/mol. The van der Waals surface area contributed by atoms with Crippen LogP contribution in [0, 0.1) is 13.8 Å². The first-order valence-corrected chi connectivity index (χ1v) is 6.89. The summed E-state index contributed by atoms with van der Waals surface area (Å²) in [5.74, 6) is -4.11. The first kappa shape index (κ1) is 16.5. The van der Waals surface area contributed by atoms with E-state index in [2.05, 4.69) is 5.32 Å². The molecule has 0 spiro atoms. The molecule has 2 N–H and O–H groups in total. The number of hydrogen-bond acceptors (Lipinski definition) is 6. The molecule has 7 nitrogen and oxygen atoms in total. The number of hydrogen-bond donors (Lipinski definition) is 2. The summed E-state index contributed by atoms with van der Waals surface area (Å²) < 4.78 is 9.94. The molecule has 1 aromatic carbocycles. The lowest BCUT2D eigenvalue weighted by molar-refractivity contribution is -0.222. The van der Waals surface area contributed by atoms with Crippen LogP contribution in [0.5, 0.6) is 0 Å². The normalized spacial score (nSPS) is 16.4. The molecule has 0 aliphatic carbocycles. The van der Waals surface area contributed by atoms with Crippen LogP contribution in [-0.2, 0) is 19.1 Å². The molecule has 0 amide bonds. The van der Waals surface area contributed by atoms with Gasteiger partial charge in [0.1, 0.15) is 0 Å². The first-order valence-electron chi connectivity index (χ1n) is 6.89. The van der Waals surface area contributed by atoms with Crippen LogP contribution in [0.3, 0.4) is 0 Å². The van der Waals surface area contributed by atoms with Gasteiger partial charge < -0.3 is 19.9 Å². The molecular formula is C16H17NO6. The lowest BCUT2D eigenvalue weighted by Gasteiger charge is -2.29. The van der Waals surface area contributed by atoms with E-state index in [1.54, 1.807) is 13.0 Å². The van der Waals surface area contributed by atoms with Crippen molar-refractivity contribution < 1.29 is 29.0 Å². The summed E-state index contributed by atoms with van der Waals surface area (Å²) >= 11 is 0. The van der Waals surface area contributed by atoms with Gasteiger partial charge >= 0.3 is 17.9 Å². The number of carboxylic acid groups (broad SMARTS) is 1.